The van der Waals surface area contributed by atoms with Crippen LogP contribution in [0.3, 0.4) is 0 Å². The lowest BCUT2D eigenvalue weighted by Gasteiger charge is -2.10. The zero-order valence-electron chi connectivity index (χ0n) is 13.2. The molecule has 2 aromatic carbocycles. The van der Waals surface area contributed by atoms with Crippen LogP contribution in [0.2, 0.25) is 0 Å². The Morgan fingerprint density at radius 3 is 2.32 bits per heavy atom. The van der Waals surface area contributed by atoms with Gasteiger partial charge in [0.1, 0.15) is 11.5 Å². The molecule has 0 bridgehead atoms. The van der Waals surface area contributed by atoms with Gasteiger partial charge >= 0.3 is 5.97 Å². The van der Waals surface area contributed by atoms with E-state index in [1.807, 2.05) is 0 Å². The van der Waals surface area contributed by atoms with E-state index in [1.54, 1.807) is 0 Å². The SMILES string of the molecule is COC(=O)C(O)CNC(=O)c1ccc(Oc2ccc(F)c(F)c2)cc1. The first-order valence-electron chi connectivity index (χ1n) is 7.17. The number of carbonyl (C=O) groups excluding carboxylic acids is 2. The first kappa shape index (κ1) is 18.3. The summed E-state index contributed by atoms with van der Waals surface area (Å²) in [6.45, 7) is -0.293. The Morgan fingerprint density at radius 1 is 1.08 bits per heavy atom. The summed E-state index contributed by atoms with van der Waals surface area (Å²) >= 11 is 0. The van der Waals surface area contributed by atoms with Crippen molar-refractivity contribution in [2.45, 2.75) is 6.10 Å². The minimum absolute atomic E-state index is 0.109. The third kappa shape index (κ3) is 4.98. The van der Waals surface area contributed by atoms with Crippen molar-refractivity contribution in [2.24, 2.45) is 0 Å². The van der Waals surface area contributed by atoms with Crippen LogP contribution < -0.4 is 10.1 Å². The molecule has 0 aliphatic carbocycles. The molecule has 0 fully saturated rings. The first-order valence-corrected chi connectivity index (χ1v) is 7.17. The van der Waals surface area contributed by atoms with E-state index in [9.17, 15) is 23.5 Å². The van der Waals surface area contributed by atoms with Crippen LogP contribution in [0.15, 0.2) is 42.5 Å². The maximum Gasteiger partial charge on any atom is 0.336 e. The number of rotatable bonds is 6. The fourth-order valence-electron chi connectivity index (χ4n) is 1.86. The molecule has 1 atom stereocenters. The Kier molecular flexibility index (Phi) is 6.02. The van der Waals surface area contributed by atoms with Gasteiger partial charge in [-0.3, -0.25) is 4.79 Å². The maximum atomic E-state index is 13.1. The largest absolute Gasteiger partial charge is 0.467 e. The van der Waals surface area contributed by atoms with E-state index in [0.29, 0.717) is 5.75 Å². The van der Waals surface area contributed by atoms with Crippen LogP contribution >= 0.6 is 0 Å². The number of halogens is 2. The van der Waals surface area contributed by atoms with Gasteiger partial charge in [0.05, 0.1) is 13.7 Å². The molecular formula is C17H15F2NO5. The molecule has 0 spiro atoms. The molecule has 0 saturated carbocycles. The van der Waals surface area contributed by atoms with Gasteiger partial charge in [0.2, 0.25) is 0 Å². The summed E-state index contributed by atoms with van der Waals surface area (Å²) in [6.07, 6.45) is -1.45. The summed E-state index contributed by atoms with van der Waals surface area (Å²) in [6, 6.07) is 8.93. The fraction of sp³-hybridized carbons (Fsp3) is 0.176. The standard InChI is InChI=1S/C17H15F2NO5/c1-24-17(23)15(21)9-20-16(22)10-2-4-11(5-3-10)25-12-6-7-13(18)14(19)8-12/h2-8,15,21H,9H2,1H3,(H,20,22). The summed E-state index contributed by atoms with van der Waals surface area (Å²) in [4.78, 5) is 22.9. The van der Waals surface area contributed by atoms with Crippen molar-refractivity contribution in [1.82, 2.24) is 5.32 Å². The molecule has 1 unspecified atom stereocenters. The van der Waals surface area contributed by atoms with Crippen LogP contribution in [-0.2, 0) is 9.53 Å². The van der Waals surface area contributed by atoms with E-state index < -0.39 is 29.6 Å². The number of hydrogen-bond donors (Lipinski definition) is 2. The predicted octanol–water partition coefficient (Wildman–Crippen LogP) is 2.02. The molecule has 0 aliphatic heterocycles. The van der Waals surface area contributed by atoms with Crippen LogP contribution in [0.4, 0.5) is 8.78 Å². The van der Waals surface area contributed by atoms with Crippen molar-refractivity contribution in [2.75, 3.05) is 13.7 Å². The van der Waals surface area contributed by atoms with E-state index in [4.69, 9.17) is 4.74 Å². The molecule has 6 nitrogen and oxygen atoms in total. The summed E-state index contributed by atoms with van der Waals surface area (Å²) in [5.74, 6) is -2.95. The number of hydrogen-bond acceptors (Lipinski definition) is 5. The number of methoxy groups -OCH3 is 1. The van der Waals surface area contributed by atoms with Crippen LogP contribution in [0, 0.1) is 11.6 Å². The second-order valence-electron chi connectivity index (χ2n) is 4.95. The monoisotopic (exact) mass is 351 g/mol. The minimum atomic E-state index is -1.45. The molecule has 132 valence electrons. The quantitative estimate of drug-likeness (QED) is 0.778. The zero-order valence-corrected chi connectivity index (χ0v) is 13.2. The van der Waals surface area contributed by atoms with Gasteiger partial charge in [-0.1, -0.05) is 0 Å². The van der Waals surface area contributed by atoms with Gasteiger partial charge in [0.25, 0.3) is 5.91 Å². The van der Waals surface area contributed by atoms with Crippen molar-refractivity contribution in [1.29, 1.82) is 0 Å². The second kappa shape index (κ2) is 8.20. The highest BCUT2D eigenvalue weighted by Gasteiger charge is 2.16. The Labute approximate surface area is 142 Å². The molecule has 0 radical (unpaired) electrons. The fourth-order valence-corrected chi connectivity index (χ4v) is 1.86. The van der Waals surface area contributed by atoms with Crippen LogP contribution in [0.5, 0.6) is 11.5 Å². The van der Waals surface area contributed by atoms with E-state index in [-0.39, 0.29) is 17.9 Å². The molecular weight excluding hydrogens is 336 g/mol. The van der Waals surface area contributed by atoms with Gasteiger partial charge < -0.3 is 19.9 Å². The Bertz CT molecular complexity index is 764. The molecule has 0 aliphatic rings. The molecule has 0 saturated heterocycles. The van der Waals surface area contributed by atoms with Crippen molar-refractivity contribution >= 4 is 11.9 Å². The maximum absolute atomic E-state index is 13.1. The molecule has 2 aromatic rings. The Morgan fingerprint density at radius 2 is 1.72 bits per heavy atom. The van der Waals surface area contributed by atoms with Gasteiger partial charge in [0.15, 0.2) is 17.7 Å². The lowest BCUT2D eigenvalue weighted by molar-refractivity contribution is -0.149. The Hall–Kier alpha value is -3.00. The van der Waals surface area contributed by atoms with Gasteiger partial charge in [-0.25, -0.2) is 13.6 Å². The number of ether oxygens (including phenoxy) is 2. The lowest BCUT2D eigenvalue weighted by Crippen LogP contribution is -2.37. The summed E-state index contributed by atoms with van der Waals surface area (Å²) in [5.41, 5.74) is 0.259. The van der Waals surface area contributed by atoms with Crippen LogP contribution in [0.1, 0.15) is 10.4 Å². The Balaban J connectivity index is 1.95. The highest BCUT2D eigenvalue weighted by molar-refractivity contribution is 5.94. The van der Waals surface area contributed by atoms with Crippen molar-refractivity contribution < 1.29 is 33.0 Å². The van der Waals surface area contributed by atoms with Crippen LogP contribution in [-0.4, -0.2) is 36.7 Å². The normalized spacial score (nSPS) is 11.5. The molecule has 1 amide bonds. The molecule has 0 heterocycles. The number of aliphatic hydroxyl groups is 1. The van der Waals surface area contributed by atoms with Gasteiger partial charge in [-0.15, -0.1) is 0 Å². The average molecular weight is 351 g/mol. The van der Waals surface area contributed by atoms with E-state index in [0.717, 1.165) is 19.2 Å². The second-order valence-corrected chi connectivity index (χ2v) is 4.95. The van der Waals surface area contributed by atoms with Crippen LogP contribution in [0.25, 0.3) is 0 Å². The number of carbonyl (C=O) groups is 2. The number of aliphatic hydroxyl groups excluding tert-OH is 1. The number of esters is 1. The van der Waals surface area contributed by atoms with E-state index >= 15 is 0 Å². The third-order valence-electron chi connectivity index (χ3n) is 3.17. The minimum Gasteiger partial charge on any atom is -0.467 e. The van der Waals surface area contributed by atoms with Crippen molar-refractivity contribution in [3.63, 3.8) is 0 Å². The van der Waals surface area contributed by atoms with E-state index in [2.05, 4.69) is 10.1 Å². The summed E-state index contributed by atoms with van der Waals surface area (Å²) < 4.78 is 35.7. The number of nitrogens with one attached hydrogen (secondary N) is 1. The third-order valence-corrected chi connectivity index (χ3v) is 3.17. The van der Waals surface area contributed by atoms with E-state index in [1.165, 1.54) is 30.3 Å². The number of benzene rings is 2. The summed E-state index contributed by atoms with van der Waals surface area (Å²) in [5, 5.41) is 11.8. The molecule has 2 rings (SSSR count). The smallest absolute Gasteiger partial charge is 0.336 e. The van der Waals surface area contributed by atoms with Gasteiger partial charge in [-0.2, -0.15) is 0 Å². The first-order chi connectivity index (χ1) is 11.9. The molecule has 25 heavy (non-hydrogen) atoms. The van der Waals surface area contributed by atoms with Gasteiger partial charge in [-0.05, 0) is 36.4 Å². The highest BCUT2D eigenvalue weighted by atomic mass is 19.2. The molecule has 2 N–H and O–H groups in total. The van der Waals surface area contributed by atoms with Crippen molar-refractivity contribution in [3.8, 4) is 11.5 Å². The highest BCUT2D eigenvalue weighted by Crippen LogP contribution is 2.23. The average Bonchev–Trinajstić information content (AvgIpc) is 2.62. The van der Waals surface area contributed by atoms with Gasteiger partial charge in [0, 0.05) is 11.6 Å². The topological polar surface area (TPSA) is 84.9 Å². The summed E-state index contributed by atoms with van der Waals surface area (Å²) in [7, 11) is 1.12. The zero-order chi connectivity index (χ0) is 18.4. The molecule has 8 heteroatoms. The lowest BCUT2D eigenvalue weighted by atomic mass is 10.2. The molecule has 0 aromatic heterocycles. The van der Waals surface area contributed by atoms with Crippen molar-refractivity contribution in [3.05, 3.63) is 59.7 Å². The predicted molar refractivity (Wildman–Crippen MR) is 83.2 cm³/mol. The number of amides is 1.